The summed E-state index contributed by atoms with van der Waals surface area (Å²) in [4.78, 5) is 12.3. The van der Waals surface area contributed by atoms with E-state index < -0.39 is 38.0 Å². The Morgan fingerprint density at radius 2 is 2.09 bits per heavy atom. The van der Waals surface area contributed by atoms with E-state index >= 15 is 0 Å². The number of ether oxygens (including phenoxy) is 2. The van der Waals surface area contributed by atoms with Crippen LogP contribution >= 0.6 is 0 Å². The number of sulfone groups is 1. The van der Waals surface area contributed by atoms with Crippen molar-refractivity contribution in [2.75, 3.05) is 13.7 Å². The molecule has 1 saturated heterocycles. The maximum atomic E-state index is 14.8. The fourth-order valence-corrected chi connectivity index (χ4v) is 6.30. The smallest absolute Gasteiger partial charge is 0.232 e. The minimum atomic E-state index is -3.54. The fourth-order valence-electron chi connectivity index (χ4n) is 3.99. The zero-order valence-electron chi connectivity index (χ0n) is 18.1. The van der Waals surface area contributed by atoms with Crippen LogP contribution in [-0.2, 0) is 14.6 Å². The van der Waals surface area contributed by atoms with Crippen LogP contribution in [0.2, 0.25) is 0 Å². The van der Waals surface area contributed by atoms with Crippen molar-refractivity contribution in [3.8, 4) is 5.88 Å². The van der Waals surface area contributed by atoms with Gasteiger partial charge in [-0.2, -0.15) is 0 Å². The van der Waals surface area contributed by atoms with Gasteiger partial charge in [-0.1, -0.05) is 6.07 Å². The van der Waals surface area contributed by atoms with E-state index in [0.29, 0.717) is 18.4 Å². The van der Waals surface area contributed by atoms with Gasteiger partial charge < -0.3 is 15.2 Å². The van der Waals surface area contributed by atoms with Gasteiger partial charge in [0, 0.05) is 12.7 Å². The van der Waals surface area contributed by atoms with Crippen molar-refractivity contribution in [3.63, 3.8) is 0 Å². The number of methoxy groups -OCH3 is 1. The molecule has 0 spiro atoms. The summed E-state index contributed by atoms with van der Waals surface area (Å²) in [5, 5.41) is -1.64. The molecule has 0 amide bonds. The molecule has 4 atom stereocenters. The van der Waals surface area contributed by atoms with Crippen molar-refractivity contribution >= 4 is 27.6 Å². The van der Waals surface area contributed by atoms with E-state index in [2.05, 4.69) is 15.0 Å². The molecular formula is C22H24F2N4O4S. The Morgan fingerprint density at radius 3 is 2.79 bits per heavy atom. The molecule has 1 fully saturated rings. The lowest BCUT2D eigenvalue weighted by atomic mass is 9.98. The molecule has 2 N–H and O–H groups in total. The zero-order valence-corrected chi connectivity index (χ0v) is 18.9. The van der Waals surface area contributed by atoms with Gasteiger partial charge in [0.15, 0.2) is 15.7 Å². The number of hydrogen-bond donors (Lipinski definition) is 1. The average molecular weight is 479 g/mol. The standard InChI is InChI=1S/C22H24F2N4O4S/c1-12(31-2)11-32-20-10-26-17(9-27-20)16(24)8-13-3-4-15(23)14(7-13)21-18-5-6-19(22(25)28-21)33(18,29)30/h3-4,7-10,12,18-19,21H,5-6,11H2,1-2H3,(H2,25,28)/b16-8-. The van der Waals surface area contributed by atoms with E-state index in [9.17, 15) is 17.2 Å². The predicted octanol–water partition coefficient (Wildman–Crippen LogP) is 2.85. The molecule has 0 radical (unpaired) electrons. The van der Waals surface area contributed by atoms with Gasteiger partial charge in [0.1, 0.15) is 29.2 Å². The lowest BCUT2D eigenvalue weighted by Gasteiger charge is -2.26. The number of rotatable bonds is 7. The molecule has 1 aromatic heterocycles. The van der Waals surface area contributed by atoms with Crippen LogP contribution in [0.15, 0.2) is 35.6 Å². The first kappa shape index (κ1) is 23.2. The Labute approximate surface area is 190 Å². The van der Waals surface area contributed by atoms with Crippen LogP contribution in [0.4, 0.5) is 8.78 Å². The molecule has 3 heterocycles. The average Bonchev–Trinajstić information content (AvgIpc) is 2.98. The number of aliphatic imine (C=N–C) groups is 1. The van der Waals surface area contributed by atoms with E-state index in [0.717, 1.165) is 6.07 Å². The number of benzene rings is 1. The summed E-state index contributed by atoms with van der Waals surface area (Å²) in [5.74, 6) is -1.10. The van der Waals surface area contributed by atoms with Crippen LogP contribution in [-0.4, -0.2) is 54.5 Å². The third-order valence-electron chi connectivity index (χ3n) is 5.88. The van der Waals surface area contributed by atoms with Crippen molar-refractivity contribution in [2.24, 2.45) is 10.7 Å². The summed E-state index contributed by atoms with van der Waals surface area (Å²) in [7, 11) is -1.98. The highest BCUT2D eigenvalue weighted by Crippen LogP contribution is 2.42. The molecule has 2 aliphatic rings. The van der Waals surface area contributed by atoms with Crippen molar-refractivity contribution in [3.05, 3.63) is 53.2 Å². The number of hydrogen-bond acceptors (Lipinski definition) is 8. The summed E-state index contributed by atoms with van der Waals surface area (Å²) in [6.45, 7) is 2.10. The number of nitrogens with zero attached hydrogens (tertiary/aromatic N) is 3. The first-order valence-corrected chi connectivity index (χ1v) is 12.0. The van der Waals surface area contributed by atoms with Crippen molar-refractivity contribution < 1.29 is 26.7 Å². The highest BCUT2D eigenvalue weighted by Gasteiger charge is 2.51. The van der Waals surface area contributed by atoms with E-state index in [-0.39, 0.29) is 35.7 Å². The van der Waals surface area contributed by atoms with Gasteiger partial charge in [-0.15, -0.1) is 0 Å². The van der Waals surface area contributed by atoms with E-state index in [1.807, 2.05) is 6.92 Å². The molecule has 2 bridgehead atoms. The molecular weight excluding hydrogens is 454 g/mol. The first-order valence-electron chi connectivity index (χ1n) is 10.4. The Hall–Kier alpha value is -2.92. The second kappa shape index (κ2) is 9.14. The molecule has 4 rings (SSSR count). The number of amidine groups is 1. The number of aromatic nitrogens is 2. The van der Waals surface area contributed by atoms with Crippen LogP contribution < -0.4 is 10.5 Å². The Kier molecular flexibility index (Phi) is 6.44. The van der Waals surface area contributed by atoms with Crippen molar-refractivity contribution in [2.45, 2.75) is 42.4 Å². The third-order valence-corrected chi connectivity index (χ3v) is 8.48. The molecule has 2 aliphatic heterocycles. The van der Waals surface area contributed by atoms with Gasteiger partial charge in [0.05, 0.1) is 29.8 Å². The summed E-state index contributed by atoms with van der Waals surface area (Å²) in [6, 6.07) is 2.97. The van der Waals surface area contributed by atoms with Crippen LogP contribution in [0, 0.1) is 5.82 Å². The SMILES string of the molecule is COC(C)COc1cnc(/C(F)=C/c2ccc(F)c(C3N=C(N)C4CCC3S4(=O)=O)c2)cn1. The lowest BCUT2D eigenvalue weighted by molar-refractivity contribution is 0.0698. The molecule has 8 nitrogen and oxygen atoms in total. The van der Waals surface area contributed by atoms with E-state index in [4.69, 9.17) is 15.2 Å². The van der Waals surface area contributed by atoms with Crippen LogP contribution in [0.3, 0.4) is 0 Å². The molecule has 0 saturated carbocycles. The topological polar surface area (TPSA) is 117 Å². The maximum absolute atomic E-state index is 14.8. The highest BCUT2D eigenvalue weighted by atomic mass is 32.2. The number of halogens is 2. The zero-order chi connectivity index (χ0) is 23.8. The van der Waals surface area contributed by atoms with Crippen LogP contribution in [0.5, 0.6) is 5.88 Å². The van der Waals surface area contributed by atoms with Gasteiger partial charge in [-0.3, -0.25) is 4.99 Å². The lowest BCUT2D eigenvalue weighted by Crippen LogP contribution is -2.42. The van der Waals surface area contributed by atoms with Crippen molar-refractivity contribution in [1.82, 2.24) is 9.97 Å². The summed E-state index contributed by atoms with van der Waals surface area (Å²) in [5.41, 5.74) is 6.22. The van der Waals surface area contributed by atoms with E-state index in [1.54, 1.807) is 7.11 Å². The highest BCUT2D eigenvalue weighted by molar-refractivity contribution is 7.93. The molecule has 1 aromatic carbocycles. The van der Waals surface area contributed by atoms with Gasteiger partial charge in [0.2, 0.25) is 5.88 Å². The largest absolute Gasteiger partial charge is 0.474 e. The van der Waals surface area contributed by atoms with Gasteiger partial charge in [0.25, 0.3) is 0 Å². The third kappa shape index (κ3) is 4.60. The second-order valence-corrected chi connectivity index (χ2v) is 10.4. The van der Waals surface area contributed by atoms with Crippen molar-refractivity contribution in [1.29, 1.82) is 0 Å². The predicted molar refractivity (Wildman–Crippen MR) is 119 cm³/mol. The van der Waals surface area contributed by atoms with Gasteiger partial charge >= 0.3 is 0 Å². The summed E-state index contributed by atoms with van der Waals surface area (Å²) >= 11 is 0. The molecule has 176 valence electrons. The molecule has 0 aliphatic carbocycles. The molecule has 33 heavy (non-hydrogen) atoms. The monoisotopic (exact) mass is 478 g/mol. The van der Waals surface area contributed by atoms with Gasteiger partial charge in [-0.05, 0) is 43.5 Å². The quantitative estimate of drug-likeness (QED) is 0.650. The fraction of sp³-hybridized carbons (Fsp3) is 0.409. The molecule has 2 aromatic rings. The number of nitrogens with two attached hydrogens (primary N) is 1. The van der Waals surface area contributed by atoms with Gasteiger partial charge in [-0.25, -0.2) is 27.2 Å². The minimum Gasteiger partial charge on any atom is -0.474 e. The second-order valence-electron chi connectivity index (χ2n) is 8.06. The molecule has 11 heteroatoms. The Bertz CT molecular complexity index is 1200. The summed E-state index contributed by atoms with van der Waals surface area (Å²) in [6.07, 6.45) is 4.27. The summed E-state index contributed by atoms with van der Waals surface area (Å²) < 4.78 is 65.3. The Morgan fingerprint density at radius 1 is 1.30 bits per heavy atom. The number of fused-ring (bicyclic) bond motifs is 2. The first-order chi connectivity index (χ1) is 15.7. The van der Waals surface area contributed by atoms with E-state index in [1.165, 1.54) is 30.6 Å². The van der Waals surface area contributed by atoms with Crippen LogP contribution in [0.1, 0.15) is 42.6 Å². The maximum Gasteiger partial charge on any atom is 0.232 e. The minimum absolute atomic E-state index is 0.00208. The Balaban J connectivity index is 1.57. The normalized spacial score (nSPS) is 24.9. The van der Waals surface area contributed by atoms with Crippen LogP contribution in [0.25, 0.3) is 11.9 Å². The molecule has 4 unspecified atom stereocenters.